The van der Waals surface area contributed by atoms with Crippen LogP contribution in [-0.2, 0) is 0 Å². The lowest BCUT2D eigenvalue weighted by atomic mass is 10.1. The van der Waals surface area contributed by atoms with Crippen LogP contribution in [0.4, 0.5) is 21.6 Å². The van der Waals surface area contributed by atoms with E-state index in [9.17, 15) is 19.3 Å². The number of hydrogen-bond donors (Lipinski definition) is 2. The van der Waals surface area contributed by atoms with Crippen molar-refractivity contribution in [2.24, 2.45) is 0 Å². The SMILES string of the molecule is Nc1c(C(=O)Nc2ccon2)cc(F)cc1[N+](=O)[O-]. The van der Waals surface area contributed by atoms with E-state index in [-0.39, 0.29) is 11.4 Å². The van der Waals surface area contributed by atoms with Crippen molar-refractivity contribution in [3.63, 3.8) is 0 Å². The van der Waals surface area contributed by atoms with Gasteiger partial charge in [-0.25, -0.2) is 4.39 Å². The summed E-state index contributed by atoms with van der Waals surface area (Å²) in [5, 5.41) is 16.3. The van der Waals surface area contributed by atoms with Crippen LogP contribution in [0.3, 0.4) is 0 Å². The van der Waals surface area contributed by atoms with Crippen molar-refractivity contribution in [3.05, 3.63) is 46.0 Å². The summed E-state index contributed by atoms with van der Waals surface area (Å²) in [6, 6.07) is 2.79. The highest BCUT2D eigenvalue weighted by Crippen LogP contribution is 2.27. The second kappa shape index (κ2) is 4.72. The van der Waals surface area contributed by atoms with Gasteiger partial charge in [-0.1, -0.05) is 5.16 Å². The number of nitrogen functional groups attached to an aromatic ring is 1. The summed E-state index contributed by atoms with van der Waals surface area (Å²) >= 11 is 0. The molecule has 98 valence electrons. The van der Waals surface area contributed by atoms with Crippen LogP contribution in [0.1, 0.15) is 10.4 Å². The molecule has 8 nitrogen and oxygen atoms in total. The summed E-state index contributed by atoms with van der Waals surface area (Å²) in [4.78, 5) is 21.6. The molecule has 1 aromatic heterocycles. The fourth-order valence-electron chi connectivity index (χ4n) is 1.40. The average molecular weight is 266 g/mol. The van der Waals surface area contributed by atoms with Crippen molar-refractivity contribution >= 4 is 23.1 Å². The van der Waals surface area contributed by atoms with Gasteiger partial charge in [0.05, 0.1) is 16.6 Å². The fourth-order valence-corrected chi connectivity index (χ4v) is 1.40. The summed E-state index contributed by atoms with van der Waals surface area (Å²) in [5.41, 5.74) is 4.02. The van der Waals surface area contributed by atoms with Crippen LogP contribution in [0.2, 0.25) is 0 Å². The van der Waals surface area contributed by atoms with E-state index in [0.29, 0.717) is 6.07 Å². The number of hydrogen-bond acceptors (Lipinski definition) is 6. The number of nitrogens with two attached hydrogens (primary N) is 1. The van der Waals surface area contributed by atoms with Crippen molar-refractivity contribution < 1.29 is 18.6 Å². The van der Waals surface area contributed by atoms with E-state index in [1.165, 1.54) is 12.3 Å². The Labute approximate surface area is 105 Å². The van der Waals surface area contributed by atoms with E-state index in [0.717, 1.165) is 6.07 Å². The maximum absolute atomic E-state index is 13.2. The quantitative estimate of drug-likeness (QED) is 0.493. The number of halogens is 1. The highest BCUT2D eigenvalue weighted by atomic mass is 19.1. The molecule has 19 heavy (non-hydrogen) atoms. The van der Waals surface area contributed by atoms with Gasteiger partial charge in [0.1, 0.15) is 17.8 Å². The standard InChI is InChI=1S/C10H7FN4O4/c11-5-3-6(9(12)7(4-5)15(17)18)10(16)13-8-1-2-19-14-8/h1-4H,12H2,(H,13,14,16). The molecule has 0 aliphatic rings. The number of nitro benzene ring substituents is 1. The summed E-state index contributed by atoms with van der Waals surface area (Å²) in [7, 11) is 0. The lowest BCUT2D eigenvalue weighted by molar-refractivity contribution is -0.384. The number of carbonyl (C=O) groups excluding carboxylic acids is 1. The Morgan fingerprint density at radius 1 is 1.53 bits per heavy atom. The van der Waals surface area contributed by atoms with Crippen LogP contribution >= 0.6 is 0 Å². The van der Waals surface area contributed by atoms with Crippen LogP contribution in [0.5, 0.6) is 0 Å². The molecule has 0 aliphatic carbocycles. The minimum atomic E-state index is -0.939. The first-order valence-electron chi connectivity index (χ1n) is 4.94. The lowest BCUT2D eigenvalue weighted by Crippen LogP contribution is -2.15. The first kappa shape index (κ1) is 12.5. The summed E-state index contributed by atoms with van der Waals surface area (Å²) in [6.45, 7) is 0. The molecule has 0 saturated carbocycles. The third-order valence-corrected chi connectivity index (χ3v) is 2.24. The van der Waals surface area contributed by atoms with E-state index in [1.807, 2.05) is 0 Å². The molecule has 0 aliphatic heterocycles. The van der Waals surface area contributed by atoms with E-state index >= 15 is 0 Å². The Morgan fingerprint density at radius 3 is 2.84 bits per heavy atom. The fraction of sp³-hybridized carbons (Fsp3) is 0. The molecule has 0 atom stereocenters. The van der Waals surface area contributed by atoms with Gasteiger partial charge in [-0.05, 0) is 6.07 Å². The first-order valence-corrected chi connectivity index (χ1v) is 4.94. The minimum Gasteiger partial charge on any atom is -0.393 e. The number of aromatic nitrogens is 1. The Balaban J connectivity index is 2.39. The number of amides is 1. The molecule has 9 heteroatoms. The summed E-state index contributed by atoms with van der Waals surface area (Å²) in [5.74, 6) is -1.68. The maximum Gasteiger partial charge on any atom is 0.295 e. The monoisotopic (exact) mass is 266 g/mol. The Kier molecular flexibility index (Phi) is 3.10. The van der Waals surface area contributed by atoms with Gasteiger partial charge in [0, 0.05) is 6.07 Å². The molecule has 1 amide bonds. The van der Waals surface area contributed by atoms with Gasteiger partial charge in [0.25, 0.3) is 11.6 Å². The summed E-state index contributed by atoms with van der Waals surface area (Å²) < 4.78 is 17.7. The number of rotatable bonds is 3. The van der Waals surface area contributed by atoms with Crippen LogP contribution in [0.25, 0.3) is 0 Å². The molecule has 0 radical (unpaired) electrons. The van der Waals surface area contributed by atoms with Gasteiger partial charge in [0.2, 0.25) is 0 Å². The van der Waals surface area contributed by atoms with Gasteiger partial charge in [0.15, 0.2) is 5.82 Å². The maximum atomic E-state index is 13.2. The zero-order chi connectivity index (χ0) is 14.0. The molecule has 0 bridgehead atoms. The predicted octanol–water partition coefficient (Wildman–Crippen LogP) is 1.56. The molecule has 0 spiro atoms. The highest BCUT2D eigenvalue weighted by molar-refractivity contribution is 6.08. The molecule has 0 fully saturated rings. The number of nitro groups is 1. The number of nitrogens with zero attached hydrogens (tertiary/aromatic N) is 2. The zero-order valence-corrected chi connectivity index (χ0v) is 9.29. The van der Waals surface area contributed by atoms with Crippen LogP contribution in [-0.4, -0.2) is 16.0 Å². The third kappa shape index (κ3) is 2.49. The Bertz CT molecular complexity index is 641. The van der Waals surface area contributed by atoms with Gasteiger partial charge < -0.3 is 15.6 Å². The Morgan fingerprint density at radius 2 is 2.26 bits per heavy atom. The number of nitrogens with one attached hydrogen (secondary N) is 1. The lowest BCUT2D eigenvalue weighted by Gasteiger charge is -2.06. The van der Waals surface area contributed by atoms with Gasteiger partial charge >= 0.3 is 0 Å². The van der Waals surface area contributed by atoms with Gasteiger partial charge in [-0.15, -0.1) is 0 Å². The molecule has 2 aromatic rings. The van der Waals surface area contributed by atoms with Crippen molar-refractivity contribution in [2.75, 3.05) is 11.1 Å². The molecule has 0 saturated heterocycles. The van der Waals surface area contributed by atoms with E-state index < -0.39 is 28.0 Å². The predicted molar refractivity (Wildman–Crippen MR) is 61.9 cm³/mol. The van der Waals surface area contributed by atoms with E-state index in [1.54, 1.807) is 0 Å². The van der Waals surface area contributed by atoms with E-state index in [4.69, 9.17) is 5.73 Å². The molecule has 0 unspecified atom stereocenters. The third-order valence-electron chi connectivity index (χ3n) is 2.24. The second-order valence-corrected chi connectivity index (χ2v) is 3.48. The smallest absolute Gasteiger partial charge is 0.295 e. The summed E-state index contributed by atoms with van der Waals surface area (Å²) in [6.07, 6.45) is 1.22. The van der Waals surface area contributed by atoms with Crippen molar-refractivity contribution in [2.45, 2.75) is 0 Å². The van der Waals surface area contributed by atoms with Gasteiger partial charge in [-0.2, -0.15) is 0 Å². The van der Waals surface area contributed by atoms with Crippen LogP contribution in [0, 0.1) is 15.9 Å². The van der Waals surface area contributed by atoms with Crippen LogP contribution in [0.15, 0.2) is 29.0 Å². The molecule has 3 N–H and O–H groups in total. The average Bonchev–Trinajstić information content (AvgIpc) is 2.84. The topological polar surface area (TPSA) is 124 Å². The first-order chi connectivity index (χ1) is 8.99. The zero-order valence-electron chi connectivity index (χ0n) is 9.29. The molecule has 1 heterocycles. The number of carbonyl (C=O) groups is 1. The molecular formula is C10H7FN4O4. The minimum absolute atomic E-state index is 0.0799. The number of benzene rings is 1. The van der Waals surface area contributed by atoms with Gasteiger partial charge in [-0.3, -0.25) is 14.9 Å². The van der Waals surface area contributed by atoms with Crippen molar-refractivity contribution in [1.82, 2.24) is 5.16 Å². The molecule has 1 aromatic carbocycles. The van der Waals surface area contributed by atoms with Crippen molar-refractivity contribution in [3.8, 4) is 0 Å². The normalized spacial score (nSPS) is 10.2. The van der Waals surface area contributed by atoms with Crippen LogP contribution < -0.4 is 11.1 Å². The molecular weight excluding hydrogens is 259 g/mol. The Hall–Kier alpha value is -2.97. The van der Waals surface area contributed by atoms with E-state index in [2.05, 4.69) is 15.0 Å². The highest BCUT2D eigenvalue weighted by Gasteiger charge is 2.22. The van der Waals surface area contributed by atoms with Crippen molar-refractivity contribution in [1.29, 1.82) is 0 Å². The molecule has 2 rings (SSSR count). The number of anilines is 2. The largest absolute Gasteiger partial charge is 0.393 e. The second-order valence-electron chi connectivity index (χ2n) is 3.48.